The fourth-order valence-electron chi connectivity index (χ4n) is 2.75. The Kier molecular flexibility index (Phi) is 5.55. The number of benzene rings is 1. The molecular weight excluding hydrogens is 306 g/mol. The van der Waals surface area contributed by atoms with E-state index in [9.17, 15) is 4.79 Å². The van der Waals surface area contributed by atoms with Crippen molar-refractivity contribution in [1.29, 1.82) is 0 Å². The molecule has 7 heteroatoms. The summed E-state index contributed by atoms with van der Waals surface area (Å²) in [5.41, 5.74) is 1.75. The molecule has 0 saturated carbocycles. The Morgan fingerprint density at radius 1 is 1.29 bits per heavy atom. The standard InChI is InChI=1S/C17H23N5O2/c1-14(21-6-8-24-9-7-21)10-19-17(23)16-4-2-15(3-5-16)11-22-13-18-12-20-22/h2-5,12-14H,6-11H2,1H3,(H,19,23)/t14-/m1/s1. The van der Waals surface area contributed by atoms with Gasteiger partial charge in [0, 0.05) is 31.2 Å². The van der Waals surface area contributed by atoms with Gasteiger partial charge < -0.3 is 10.1 Å². The molecule has 0 radical (unpaired) electrons. The third-order valence-electron chi connectivity index (χ3n) is 4.25. The lowest BCUT2D eigenvalue weighted by atomic mass is 10.1. The first-order valence-electron chi connectivity index (χ1n) is 8.24. The molecule has 0 spiro atoms. The molecule has 128 valence electrons. The first-order chi connectivity index (χ1) is 11.7. The van der Waals surface area contributed by atoms with Gasteiger partial charge in [0.2, 0.25) is 0 Å². The number of rotatable bonds is 6. The van der Waals surface area contributed by atoms with Crippen LogP contribution in [0.15, 0.2) is 36.9 Å². The van der Waals surface area contributed by atoms with Gasteiger partial charge in [-0.1, -0.05) is 12.1 Å². The highest BCUT2D eigenvalue weighted by Crippen LogP contribution is 2.07. The van der Waals surface area contributed by atoms with E-state index in [0.717, 1.165) is 31.9 Å². The van der Waals surface area contributed by atoms with Crippen LogP contribution in [-0.4, -0.2) is 64.5 Å². The molecule has 1 saturated heterocycles. The quantitative estimate of drug-likeness (QED) is 0.848. The summed E-state index contributed by atoms with van der Waals surface area (Å²) in [6, 6.07) is 7.90. The topological polar surface area (TPSA) is 72.3 Å². The summed E-state index contributed by atoms with van der Waals surface area (Å²) in [7, 11) is 0. The van der Waals surface area contributed by atoms with Crippen LogP contribution < -0.4 is 5.32 Å². The Hall–Kier alpha value is -2.25. The number of carbonyl (C=O) groups excluding carboxylic acids is 1. The van der Waals surface area contributed by atoms with E-state index in [4.69, 9.17) is 4.74 Å². The summed E-state index contributed by atoms with van der Waals surface area (Å²) in [5.74, 6) is -0.0394. The summed E-state index contributed by atoms with van der Waals surface area (Å²) in [6.07, 6.45) is 3.19. The smallest absolute Gasteiger partial charge is 0.251 e. The van der Waals surface area contributed by atoms with Crippen molar-refractivity contribution >= 4 is 5.91 Å². The van der Waals surface area contributed by atoms with Crippen molar-refractivity contribution in [3.8, 4) is 0 Å². The minimum Gasteiger partial charge on any atom is -0.379 e. The SMILES string of the molecule is C[C@H](CNC(=O)c1ccc(Cn2cncn2)cc1)N1CCOCC1. The first-order valence-corrected chi connectivity index (χ1v) is 8.24. The lowest BCUT2D eigenvalue weighted by molar-refractivity contribution is 0.0204. The summed E-state index contributed by atoms with van der Waals surface area (Å²) >= 11 is 0. The molecule has 1 aliphatic heterocycles. The first kappa shape index (κ1) is 16.6. The summed E-state index contributed by atoms with van der Waals surface area (Å²) in [5, 5.41) is 7.09. The molecule has 0 unspecified atom stereocenters. The van der Waals surface area contributed by atoms with Gasteiger partial charge in [-0.05, 0) is 24.6 Å². The average molecular weight is 329 g/mol. The predicted molar refractivity (Wildman–Crippen MR) is 89.8 cm³/mol. The maximum atomic E-state index is 12.3. The van der Waals surface area contributed by atoms with Crippen LogP contribution in [0.2, 0.25) is 0 Å². The van der Waals surface area contributed by atoms with Gasteiger partial charge in [0.1, 0.15) is 12.7 Å². The van der Waals surface area contributed by atoms with E-state index in [2.05, 4.69) is 27.2 Å². The molecule has 1 amide bonds. The molecule has 1 aromatic carbocycles. The van der Waals surface area contributed by atoms with E-state index < -0.39 is 0 Å². The highest BCUT2D eigenvalue weighted by molar-refractivity contribution is 5.94. The number of nitrogens with zero attached hydrogens (tertiary/aromatic N) is 4. The molecule has 24 heavy (non-hydrogen) atoms. The van der Waals surface area contributed by atoms with Gasteiger partial charge in [-0.25, -0.2) is 9.67 Å². The van der Waals surface area contributed by atoms with Gasteiger partial charge in [0.15, 0.2) is 0 Å². The van der Waals surface area contributed by atoms with E-state index in [0.29, 0.717) is 24.7 Å². The van der Waals surface area contributed by atoms with Crippen LogP contribution >= 0.6 is 0 Å². The number of carbonyl (C=O) groups is 1. The third-order valence-corrected chi connectivity index (χ3v) is 4.25. The normalized spacial score (nSPS) is 16.7. The van der Waals surface area contributed by atoms with Gasteiger partial charge in [-0.3, -0.25) is 9.69 Å². The second kappa shape index (κ2) is 8.03. The Morgan fingerprint density at radius 2 is 2.04 bits per heavy atom. The van der Waals surface area contributed by atoms with Crippen LogP contribution in [-0.2, 0) is 11.3 Å². The Bertz CT molecular complexity index is 636. The number of nitrogens with one attached hydrogen (secondary N) is 1. The van der Waals surface area contributed by atoms with Crippen molar-refractivity contribution < 1.29 is 9.53 Å². The van der Waals surface area contributed by atoms with E-state index in [1.54, 1.807) is 11.0 Å². The number of hydrogen-bond acceptors (Lipinski definition) is 5. The maximum Gasteiger partial charge on any atom is 0.251 e. The molecule has 0 bridgehead atoms. The van der Waals surface area contributed by atoms with Gasteiger partial charge in [-0.2, -0.15) is 5.10 Å². The Balaban J connectivity index is 1.49. The monoisotopic (exact) mass is 329 g/mol. The maximum absolute atomic E-state index is 12.3. The average Bonchev–Trinajstić information content (AvgIpc) is 3.14. The summed E-state index contributed by atoms with van der Waals surface area (Å²) in [6.45, 7) is 6.81. The summed E-state index contributed by atoms with van der Waals surface area (Å²) < 4.78 is 7.10. The fraction of sp³-hybridized carbons (Fsp3) is 0.471. The number of amides is 1. The molecule has 2 heterocycles. The summed E-state index contributed by atoms with van der Waals surface area (Å²) in [4.78, 5) is 18.5. The Morgan fingerprint density at radius 3 is 2.71 bits per heavy atom. The Labute approximate surface area is 141 Å². The van der Waals surface area contributed by atoms with Crippen molar-refractivity contribution in [1.82, 2.24) is 25.0 Å². The van der Waals surface area contributed by atoms with Crippen LogP contribution in [0.4, 0.5) is 0 Å². The van der Waals surface area contributed by atoms with Gasteiger partial charge in [-0.15, -0.1) is 0 Å². The van der Waals surface area contributed by atoms with Crippen molar-refractivity contribution in [3.63, 3.8) is 0 Å². The fourth-order valence-corrected chi connectivity index (χ4v) is 2.75. The molecule has 1 N–H and O–H groups in total. The van der Waals surface area contributed by atoms with E-state index in [-0.39, 0.29) is 5.91 Å². The molecule has 7 nitrogen and oxygen atoms in total. The van der Waals surface area contributed by atoms with Crippen molar-refractivity contribution in [2.45, 2.75) is 19.5 Å². The molecule has 1 aromatic heterocycles. The number of morpholine rings is 1. The van der Waals surface area contributed by atoms with Crippen LogP contribution in [0.1, 0.15) is 22.8 Å². The lowest BCUT2D eigenvalue weighted by Gasteiger charge is -2.32. The molecule has 3 rings (SSSR count). The second-order valence-corrected chi connectivity index (χ2v) is 6.00. The molecule has 0 aliphatic carbocycles. The molecule has 2 aromatic rings. The molecular formula is C17H23N5O2. The van der Waals surface area contributed by atoms with Crippen LogP contribution in [0.25, 0.3) is 0 Å². The number of hydrogen-bond donors (Lipinski definition) is 1. The number of aromatic nitrogens is 3. The molecule has 1 fully saturated rings. The zero-order valence-corrected chi connectivity index (χ0v) is 13.9. The predicted octanol–water partition coefficient (Wildman–Crippen LogP) is 0.777. The van der Waals surface area contributed by atoms with Gasteiger partial charge in [0.05, 0.1) is 19.8 Å². The minimum atomic E-state index is -0.0394. The third kappa shape index (κ3) is 4.39. The zero-order chi connectivity index (χ0) is 16.8. The van der Waals surface area contributed by atoms with Crippen LogP contribution in [0.3, 0.4) is 0 Å². The molecule has 1 aliphatic rings. The van der Waals surface area contributed by atoms with Crippen molar-refractivity contribution in [2.75, 3.05) is 32.8 Å². The van der Waals surface area contributed by atoms with E-state index in [1.807, 2.05) is 24.3 Å². The van der Waals surface area contributed by atoms with Crippen LogP contribution in [0.5, 0.6) is 0 Å². The van der Waals surface area contributed by atoms with E-state index in [1.165, 1.54) is 6.33 Å². The van der Waals surface area contributed by atoms with Crippen LogP contribution in [0, 0.1) is 0 Å². The highest BCUT2D eigenvalue weighted by Gasteiger charge is 2.17. The minimum absolute atomic E-state index is 0.0394. The van der Waals surface area contributed by atoms with E-state index >= 15 is 0 Å². The van der Waals surface area contributed by atoms with Crippen molar-refractivity contribution in [2.24, 2.45) is 0 Å². The zero-order valence-electron chi connectivity index (χ0n) is 13.9. The number of ether oxygens (including phenoxy) is 1. The highest BCUT2D eigenvalue weighted by atomic mass is 16.5. The second-order valence-electron chi connectivity index (χ2n) is 6.00. The van der Waals surface area contributed by atoms with Gasteiger partial charge in [0.25, 0.3) is 5.91 Å². The lowest BCUT2D eigenvalue weighted by Crippen LogP contribution is -2.47. The van der Waals surface area contributed by atoms with Gasteiger partial charge >= 0.3 is 0 Å². The molecule has 1 atom stereocenters. The largest absolute Gasteiger partial charge is 0.379 e. The van der Waals surface area contributed by atoms with Crippen molar-refractivity contribution in [3.05, 3.63) is 48.0 Å².